The van der Waals surface area contributed by atoms with Gasteiger partial charge in [-0.3, -0.25) is 14.5 Å². The fourth-order valence-corrected chi connectivity index (χ4v) is 2.76. The summed E-state index contributed by atoms with van der Waals surface area (Å²) >= 11 is 0. The van der Waals surface area contributed by atoms with Crippen molar-refractivity contribution in [2.45, 2.75) is 0 Å². The second-order valence-corrected chi connectivity index (χ2v) is 6.01. The number of hydrogen-bond acceptors (Lipinski definition) is 3. The summed E-state index contributed by atoms with van der Waals surface area (Å²) in [5.74, 6) is -0.525. The zero-order chi connectivity index (χ0) is 18.5. The van der Waals surface area contributed by atoms with Crippen LogP contribution in [0.2, 0.25) is 0 Å². The van der Waals surface area contributed by atoms with E-state index in [1.54, 1.807) is 54.4 Å². The molecule has 1 aliphatic heterocycles. The van der Waals surface area contributed by atoms with E-state index in [4.69, 9.17) is 0 Å². The van der Waals surface area contributed by atoms with E-state index in [1.165, 1.54) is 4.90 Å². The van der Waals surface area contributed by atoms with E-state index in [0.717, 1.165) is 0 Å². The lowest BCUT2D eigenvalue weighted by Crippen LogP contribution is -2.35. The molecule has 7 nitrogen and oxygen atoms in total. The van der Waals surface area contributed by atoms with E-state index in [1.807, 2.05) is 12.1 Å². The molecule has 2 N–H and O–H groups in total. The van der Waals surface area contributed by atoms with E-state index < -0.39 is 0 Å². The quantitative estimate of drug-likeness (QED) is 0.863. The maximum absolute atomic E-state index is 12.3. The SMILES string of the molecule is CN(CC(=O)Nc1cccc(N2CCNC2=O)c1)C(=O)c1ccccc1. The third kappa shape index (κ3) is 4.00. The Morgan fingerprint density at radius 1 is 1.15 bits per heavy atom. The highest BCUT2D eigenvalue weighted by Crippen LogP contribution is 2.21. The number of nitrogens with zero attached hydrogens (tertiary/aromatic N) is 2. The number of anilines is 2. The fourth-order valence-electron chi connectivity index (χ4n) is 2.76. The summed E-state index contributed by atoms with van der Waals surface area (Å²) in [5.41, 5.74) is 1.82. The average molecular weight is 352 g/mol. The topological polar surface area (TPSA) is 81.8 Å². The van der Waals surface area contributed by atoms with Crippen molar-refractivity contribution in [3.05, 3.63) is 60.2 Å². The third-order valence-electron chi connectivity index (χ3n) is 4.05. The molecular formula is C19H20N4O3. The second-order valence-electron chi connectivity index (χ2n) is 6.01. The van der Waals surface area contributed by atoms with Crippen molar-refractivity contribution in [2.24, 2.45) is 0 Å². The summed E-state index contributed by atoms with van der Waals surface area (Å²) in [6, 6.07) is 15.7. The molecule has 26 heavy (non-hydrogen) atoms. The predicted molar refractivity (Wildman–Crippen MR) is 99.2 cm³/mol. The van der Waals surface area contributed by atoms with Crippen molar-refractivity contribution in [3.63, 3.8) is 0 Å². The molecule has 0 saturated carbocycles. The van der Waals surface area contributed by atoms with Crippen LogP contribution in [0.3, 0.4) is 0 Å². The van der Waals surface area contributed by atoms with E-state index in [-0.39, 0.29) is 24.4 Å². The smallest absolute Gasteiger partial charge is 0.321 e. The van der Waals surface area contributed by atoms with Crippen LogP contribution in [0.25, 0.3) is 0 Å². The molecule has 0 radical (unpaired) electrons. The van der Waals surface area contributed by atoms with Crippen molar-refractivity contribution < 1.29 is 14.4 Å². The summed E-state index contributed by atoms with van der Waals surface area (Å²) in [6.07, 6.45) is 0. The van der Waals surface area contributed by atoms with Gasteiger partial charge in [0, 0.05) is 37.1 Å². The number of hydrogen-bond donors (Lipinski definition) is 2. The lowest BCUT2D eigenvalue weighted by molar-refractivity contribution is -0.116. The summed E-state index contributed by atoms with van der Waals surface area (Å²) in [5, 5.41) is 5.50. The van der Waals surface area contributed by atoms with Gasteiger partial charge in [0.15, 0.2) is 0 Å². The molecule has 0 aromatic heterocycles. The molecule has 0 unspecified atom stereocenters. The Kier molecular flexibility index (Phi) is 5.17. The molecule has 3 rings (SSSR count). The Balaban J connectivity index is 1.61. The molecule has 0 aliphatic carbocycles. The Morgan fingerprint density at radius 2 is 1.92 bits per heavy atom. The van der Waals surface area contributed by atoms with E-state index >= 15 is 0 Å². The molecule has 1 fully saturated rings. The molecule has 4 amide bonds. The van der Waals surface area contributed by atoms with Gasteiger partial charge in [-0.05, 0) is 30.3 Å². The van der Waals surface area contributed by atoms with E-state index in [0.29, 0.717) is 30.0 Å². The first-order valence-electron chi connectivity index (χ1n) is 8.30. The Hall–Kier alpha value is -3.35. The Bertz CT molecular complexity index is 823. The summed E-state index contributed by atoms with van der Waals surface area (Å²) < 4.78 is 0. The van der Waals surface area contributed by atoms with Crippen LogP contribution >= 0.6 is 0 Å². The van der Waals surface area contributed by atoms with Crippen LogP contribution in [0.1, 0.15) is 10.4 Å². The minimum atomic E-state index is -0.306. The number of urea groups is 1. The van der Waals surface area contributed by atoms with Crippen LogP contribution < -0.4 is 15.5 Å². The normalized spacial score (nSPS) is 13.3. The standard InChI is InChI=1S/C19H20N4O3/c1-22(18(25)14-6-3-2-4-7-14)13-17(24)21-15-8-5-9-16(12-15)23-11-10-20-19(23)26/h2-9,12H,10-11,13H2,1H3,(H,20,26)(H,21,24). The van der Waals surface area contributed by atoms with Gasteiger partial charge in [0.2, 0.25) is 5.91 Å². The van der Waals surface area contributed by atoms with Crippen LogP contribution in [0, 0.1) is 0 Å². The molecule has 1 saturated heterocycles. The van der Waals surface area contributed by atoms with Crippen molar-refractivity contribution in [1.29, 1.82) is 0 Å². The minimum absolute atomic E-state index is 0.0673. The number of rotatable bonds is 5. The van der Waals surface area contributed by atoms with Gasteiger partial charge >= 0.3 is 6.03 Å². The molecule has 0 atom stereocenters. The van der Waals surface area contributed by atoms with Gasteiger partial charge in [-0.1, -0.05) is 24.3 Å². The molecule has 7 heteroatoms. The number of likely N-dealkylation sites (N-methyl/N-ethyl adjacent to an activating group) is 1. The van der Waals surface area contributed by atoms with Crippen LogP contribution in [0.15, 0.2) is 54.6 Å². The average Bonchev–Trinajstić information content (AvgIpc) is 3.08. The van der Waals surface area contributed by atoms with Crippen molar-refractivity contribution in [3.8, 4) is 0 Å². The number of nitrogens with one attached hydrogen (secondary N) is 2. The van der Waals surface area contributed by atoms with Gasteiger partial charge in [0.25, 0.3) is 5.91 Å². The lowest BCUT2D eigenvalue weighted by Gasteiger charge is -2.18. The van der Waals surface area contributed by atoms with Crippen LogP contribution in [-0.4, -0.2) is 49.4 Å². The van der Waals surface area contributed by atoms with Crippen molar-refractivity contribution >= 4 is 29.2 Å². The van der Waals surface area contributed by atoms with Gasteiger partial charge in [0.1, 0.15) is 0 Å². The van der Waals surface area contributed by atoms with E-state index in [2.05, 4.69) is 10.6 Å². The number of amides is 4. The van der Waals surface area contributed by atoms with Gasteiger partial charge in [-0.2, -0.15) is 0 Å². The first-order chi connectivity index (χ1) is 12.5. The highest BCUT2D eigenvalue weighted by Gasteiger charge is 2.21. The lowest BCUT2D eigenvalue weighted by atomic mass is 10.2. The first-order valence-corrected chi connectivity index (χ1v) is 8.30. The van der Waals surface area contributed by atoms with Crippen molar-refractivity contribution in [1.82, 2.24) is 10.2 Å². The minimum Gasteiger partial charge on any atom is -0.336 e. The summed E-state index contributed by atoms with van der Waals surface area (Å²) in [7, 11) is 1.58. The molecule has 1 heterocycles. The number of carbonyl (C=O) groups is 3. The second kappa shape index (κ2) is 7.69. The Morgan fingerprint density at radius 3 is 2.62 bits per heavy atom. The van der Waals surface area contributed by atoms with Gasteiger partial charge in [0.05, 0.1) is 6.54 Å². The van der Waals surface area contributed by atoms with Crippen molar-refractivity contribution in [2.75, 3.05) is 36.9 Å². The highest BCUT2D eigenvalue weighted by molar-refractivity contribution is 6.00. The van der Waals surface area contributed by atoms with Crippen LogP contribution in [-0.2, 0) is 4.79 Å². The fraction of sp³-hybridized carbons (Fsp3) is 0.211. The summed E-state index contributed by atoms with van der Waals surface area (Å²) in [6.45, 7) is 1.12. The van der Waals surface area contributed by atoms with Gasteiger partial charge < -0.3 is 15.5 Å². The maximum atomic E-state index is 12.3. The third-order valence-corrected chi connectivity index (χ3v) is 4.05. The number of carbonyl (C=O) groups excluding carboxylic acids is 3. The highest BCUT2D eigenvalue weighted by atomic mass is 16.2. The molecule has 2 aromatic carbocycles. The van der Waals surface area contributed by atoms with Gasteiger partial charge in [-0.25, -0.2) is 4.79 Å². The van der Waals surface area contributed by atoms with Crippen LogP contribution in [0.4, 0.5) is 16.2 Å². The molecule has 0 bridgehead atoms. The summed E-state index contributed by atoms with van der Waals surface area (Å²) in [4.78, 5) is 39.3. The molecule has 0 spiro atoms. The maximum Gasteiger partial charge on any atom is 0.321 e. The first kappa shape index (κ1) is 17.5. The zero-order valence-electron chi connectivity index (χ0n) is 14.4. The molecule has 2 aromatic rings. The van der Waals surface area contributed by atoms with Crippen LogP contribution in [0.5, 0.6) is 0 Å². The monoisotopic (exact) mass is 352 g/mol. The molecule has 134 valence electrons. The zero-order valence-corrected chi connectivity index (χ0v) is 14.4. The number of benzene rings is 2. The van der Waals surface area contributed by atoms with Gasteiger partial charge in [-0.15, -0.1) is 0 Å². The largest absolute Gasteiger partial charge is 0.336 e. The Labute approximate surface area is 151 Å². The van der Waals surface area contributed by atoms with E-state index in [9.17, 15) is 14.4 Å². The predicted octanol–water partition coefficient (Wildman–Crippen LogP) is 1.93. The molecular weight excluding hydrogens is 332 g/mol. The molecule has 1 aliphatic rings.